The molecule has 1 fully saturated rings. The second-order valence-corrected chi connectivity index (χ2v) is 9.97. The van der Waals surface area contributed by atoms with Gasteiger partial charge in [-0.3, -0.25) is 9.78 Å². The zero-order valence-corrected chi connectivity index (χ0v) is 22.1. The normalized spacial score (nSPS) is 21.3. The molecule has 3 aromatic rings. The molecule has 2 heterocycles. The van der Waals surface area contributed by atoms with Gasteiger partial charge in [0.2, 0.25) is 0 Å². The van der Waals surface area contributed by atoms with Gasteiger partial charge in [0, 0.05) is 24.4 Å². The molecule has 0 aliphatic heterocycles. The SMILES string of the molecule is CCC1CC(c2ccncc2NC(=O)c2cccc(-c3c(F)cc(OC(C)C)cc3OC)n2)CC(N)C1O. The molecule has 2 aromatic heterocycles. The predicted molar refractivity (Wildman–Crippen MR) is 144 cm³/mol. The number of ether oxygens (including phenoxy) is 2. The monoisotopic (exact) mass is 522 g/mol. The molecule has 1 aromatic carbocycles. The first-order chi connectivity index (χ1) is 18.2. The van der Waals surface area contributed by atoms with Crippen LogP contribution in [0.2, 0.25) is 0 Å². The van der Waals surface area contributed by atoms with Gasteiger partial charge in [-0.05, 0) is 62.3 Å². The lowest BCUT2D eigenvalue weighted by Crippen LogP contribution is -2.45. The lowest BCUT2D eigenvalue weighted by molar-refractivity contribution is 0.0416. The Balaban J connectivity index is 1.60. The fraction of sp³-hybridized carbons (Fsp3) is 0.414. The van der Waals surface area contributed by atoms with Crippen LogP contribution in [0.1, 0.15) is 62.0 Å². The number of aliphatic hydroxyl groups excluding tert-OH is 1. The van der Waals surface area contributed by atoms with Crippen LogP contribution in [0, 0.1) is 11.7 Å². The molecule has 1 aliphatic rings. The minimum atomic E-state index is -0.569. The summed E-state index contributed by atoms with van der Waals surface area (Å²) in [6, 6.07) is 9.25. The number of anilines is 1. The van der Waals surface area contributed by atoms with Crippen LogP contribution in [0.5, 0.6) is 11.5 Å². The molecular formula is C29H35FN4O4. The third kappa shape index (κ3) is 5.95. The number of benzene rings is 1. The van der Waals surface area contributed by atoms with Gasteiger partial charge in [-0.2, -0.15) is 0 Å². The van der Waals surface area contributed by atoms with Crippen molar-refractivity contribution in [3.63, 3.8) is 0 Å². The topological polar surface area (TPSA) is 120 Å². The summed E-state index contributed by atoms with van der Waals surface area (Å²) in [6.07, 6.45) is 4.81. The maximum atomic E-state index is 15.2. The second kappa shape index (κ2) is 11.9. The van der Waals surface area contributed by atoms with Gasteiger partial charge in [0.05, 0.1) is 42.5 Å². The summed E-state index contributed by atoms with van der Waals surface area (Å²) in [7, 11) is 1.44. The number of aliphatic hydroxyl groups is 1. The number of rotatable bonds is 8. The van der Waals surface area contributed by atoms with Crippen molar-refractivity contribution in [1.82, 2.24) is 9.97 Å². The number of nitrogens with two attached hydrogens (primary N) is 1. The van der Waals surface area contributed by atoms with Crippen molar-refractivity contribution in [2.45, 2.75) is 64.2 Å². The van der Waals surface area contributed by atoms with E-state index in [-0.39, 0.29) is 46.7 Å². The van der Waals surface area contributed by atoms with Crippen molar-refractivity contribution in [2.75, 3.05) is 12.4 Å². The van der Waals surface area contributed by atoms with Gasteiger partial charge in [0.25, 0.3) is 5.91 Å². The number of hydrogen-bond acceptors (Lipinski definition) is 7. The predicted octanol–water partition coefficient (Wildman–Crippen LogP) is 4.92. The summed E-state index contributed by atoms with van der Waals surface area (Å²) < 4.78 is 26.2. The molecule has 1 aliphatic carbocycles. The summed E-state index contributed by atoms with van der Waals surface area (Å²) in [5, 5.41) is 13.4. The third-order valence-electron chi connectivity index (χ3n) is 6.99. The quantitative estimate of drug-likeness (QED) is 0.384. The van der Waals surface area contributed by atoms with Crippen LogP contribution in [-0.4, -0.2) is 46.3 Å². The van der Waals surface area contributed by atoms with Gasteiger partial charge >= 0.3 is 0 Å². The van der Waals surface area contributed by atoms with E-state index in [0.717, 1.165) is 18.4 Å². The number of pyridine rings is 2. The molecule has 4 rings (SSSR count). The van der Waals surface area contributed by atoms with Crippen LogP contribution in [0.25, 0.3) is 11.3 Å². The van der Waals surface area contributed by atoms with Crippen LogP contribution in [0.3, 0.4) is 0 Å². The summed E-state index contributed by atoms with van der Waals surface area (Å²) >= 11 is 0. The van der Waals surface area contributed by atoms with Crippen LogP contribution in [0.15, 0.2) is 48.8 Å². The lowest BCUT2D eigenvalue weighted by Gasteiger charge is -2.38. The van der Waals surface area contributed by atoms with E-state index in [1.54, 1.807) is 36.7 Å². The number of nitrogens with zero attached hydrogens (tertiary/aromatic N) is 2. The summed E-state index contributed by atoms with van der Waals surface area (Å²) in [5.74, 6) is -0.270. The van der Waals surface area contributed by atoms with Crippen molar-refractivity contribution in [3.05, 3.63) is 65.9 Å². The van der Waals surface area contributed by atoms with Gasteiger partial charge in [-0.25, -0.2) is 9.37 Å². The number of carbonyl (C=O) groups excluding carboxylic acids is 1. The van der Waals surface area contributed by atoms with Crippen molar-refractivity contribution in [1.29, 1.82) is 0 Å². The zero-order chi connectivity index (χ0) is 27.4. The number of amides is 1. The second-order valence-electron chi connectivity index (χ2n) is 9.97. The molecule has 1 saturated carbocycles. The van der Waals surface area contributed by atoms with Gasteiger partial charge < -0.3 is 25.6 Å². The molecule has 0 spiro atoms. The Morgan fingerprint density at radius 2 is 2.05 bits per heavy atom. The molecule has 1 amide bonds. The van der Waals surface area contributed by atoms with E-state index in [2.05, 4.69) is 15.3 Å². The Morgan fingerprint density at radius 3 is 2.76 bits per heavy atom. The Kier molecular flexibility index (Phi) is 8.58. The highest BCUT2D eigenvalue weighted by Gasteiger charge is 2.35. The maximum Gasteiger partial charge on any atom is 0.274 e. The number of carbonyl (C=O) groups is 1. The largest absolute Gasteiger partial charge is 0.496 e. The molecule has 8 nitrogen and oxygen atoms in total. The third-order valence-corrected chi connectivity index (χ3v) is 6.99. The van der Waals surface area contributed by atoms with E-state index in [4.69, 9.17) is 15.2 Å². The molecule has 38 heavy (non-hydrogen) atoms. The number of hydrogen-bond donors (Lipinski definition) is 3. The van der Waals surface area contributed by atoms with Crippen LogP contribution in [0.4, 0.5) is 10.1 Å². The van der Waals surface area contributed by atoms with Crippen molar-refractivity contribution < 1.29 is 23.8 Å². The van der Waals surface area contributed by atoms with Crippen molar-refractivity contribution >= 4 is 11.6 Å². The standard InChI is InChI=1S/C29H35FN4O4/c1-5-17-11-18(12-22(31)28(17)35)20-9-10-32-15-25(20)34-29(36)24-8-6-7-23(33-24)27-21(30)13-19(38-16(2)3)14-26(27)37-4/h6-10,13-18,22,28,35H,5,11-12,31H2,1-4H3,(H,34,36). The molecule has 4 unspecified atom stereocenters. The van der Waals surface area contributed by atoms with E-state index in [1.165, 1.54) is 13.2 Å². The fourth-order valence-electron chi connectivity index (χ4n) is 5.14. The number of nitrogens with one attached hydrogen (secondary N) is 1. The fourth-order valence-corrected chi connectivity index (χ4v) is 5.14. The van der Waals surface area contributed by atoms with Crippen molar-refractivity contribution in [3.8, 4) is 22.8 Å². The molecule has 0 radical (unpaired) electrons. The Morgan fingerprint density at radius 1 is 1.26 bits per heavy atom. The summed E-state index contributed by atoms with van der Waals surface area (Å²) in [6.45, 7) is 5.74. The Labute approximate surface area is 222 Å². The molecule has 0 bridgehead atoms. The molecular weight excluding hydrogens is 487 g/mol. The first-order valence-electron chi connectivity index (χ1n) is 12.9. The van der Waals surface area contributed by atoms with Gasteiger partial charge in [-0.15, -0.1) is 0 Å². The van der Waals surface area contributed by atoms with Crippen LogP contribution in [-0.2, 0) is 0 Å². The Bertz CT molecular complexity index is 1290. The average molecular weight is 523 g/mol. The van der Waals surface area contributed by atoms with E-state index >= 15 is 4.39 Å². The smallest absolute Gasteiger partial charge is 0.274 e. The van der Waals surface area contributed by atoms with Gasteiger partial charge in [-0.1, -0.05) is 19.4 Å². The van der Waals surface area contributed by atoms with E-state index in [0.29, 0.717) is 17.9 Å². The molecule has 202 valence electrons. The number of halogens is 1. The molecule has 0 saturated heterocycles. The Hall–Kier alpha value is -3.56. The summed E-state index contributed by atoms with van der Waals surface area (Å²) in [4.78, 5) is 21.9. The van der Waals surface area contributed by atoms with Crippen LogP contribution < -0.4 is 20.5 Å². The highest BCUT2D eigenvalue weighted by atomic mass is 19.1. The summed E-state index contributed by atoms with van der Waals surface area (Å²) in [5.41, 5.74) is 8.23. The highest BCUT2D eigenvalue weighted by Crippen LogP contribution is 2.40. The first kappa shape index (κ1) is 27.5. The van der Waals surface area contributed by atoms with Gasteiger partial charge in [0.15, 0.2) is 0 Å². The zero-order valence-electron chi connectivity index (χ0n) is 22.1. The number of methoxy groups -OCH3 is 1. The van der Waals surface area contributed by atoms with Crippen molar-refractivity contribution in [2.24, 2.45) is 11.7 Å². The van der Waals surface area contributed by atoms with Crippen LogP contribution >= 0.6 is 0 Å². The number of aromatic nitrogens is 2. The maximum absolute atomic E-state index is 15.2. The molecule has 4 atom stereocenters. The minimum Gasteiger partial charge on any atom is -0.496 e. The van der Waals surface area contributed by atoms with E-state index < -0.39 is 17.8 Å². The lowest BCUT2D eigenvalue weighted by atomic mass is 9.73. The molecule has 9 heteroatoms. The van der Waals surface area contributed by atoms with Gasteiger partial charge in [0.1, 0.15) is 23.0 Å². The highest BCUT2D eigenvalue weighted by molar-refractivity contribution is 6.03. The first-order valence-corrected chi connectivity index (χ1v) is 12.9. The van der Waals surface area contributed by atoms with E-state index in [9.17, 15) is 9.90 Å². The van der Waals surface area contributed by atoms with E-state index in [1.807, 2.05) is 26.8 Å². The molecule has 4 N–H and O–H groups in total. The average Bonchev–Trinajstić information content (AvgIpc) is 2.89. The minimum absolute atomic E-state index is 0.0703.